The number of aliphatic carboxylic acids is 1. The van der Waals surface area contributed by atoms with Crippen molar-refractivity contribution in [3.05, 3.63) is 35.0 Å². The van der Waals surface area contributed by atoms with Gasteiger partial charge in [-0.3, -0.25) is 9.59 Å². The Balaban J connectivity index is 1.98. The molecule has 1 atom stereocenters. The number of halogens is 2. The molecular formula is C16H16ClFN2O3. The van der Waals surface area contributed by atoms with E-state index in [-0.39, 0.29) is 25.4 Å². The number of nitrogens with zero attached hydrogens (tertiary/aromatic N) is 2. The lowest BCUT2D eigenvalue weighted by atomic mass is 9.89. The van der Waals surface area contributed by atoms with Gasteiger partial charge in [0.05, 0.1) is 5.02 Å². The third kappa shape index (κ3) is 2.28. The van der Waals surface area contributed by atoms with Crippen LogP contribution in [0.5, 0.6) is 0 Å². The van der Waals surface area contributed by atoms with Crippen LogP contribution >= 0.6 is 11.6 Å². The Hall–Kier alpha value is -2.08. The standard InChI is InChI=1S/C16H16ClFN2O3/c1-19-11-5-3-2-4-10(11)12(17)13(19)14(21)20-7-6-16(8-18,9-20)15(22)23/h2-5H,6-9H2,1H3,(H,22,23). The van der Waals surface area contributed by atoms with Crippen molar-refractivity contribution in [3.8, 4) is 0 Å². The van der Waals surface area contributed by atoms with Crippen LogP contribution in [0.25, 0.3) is 10.9 Å². The topological polar surface area (TPSA) is 62.5 Å². The average molecular weight is 339 g/mol. The van der Waals surface area contributed by atoms with Crippen LogP contribution in [0.4, 0.5) is 4.39 Å². The minimum Gasteiger partial charge on any atom is -0.481 e. The van der Waals surface area contributed by atoms with Crippen LogP contribution in [-0.4, -0.2) is 46.2 Å². The normalized spacial score (nSPS) is 21.1. The molecular weight excluding hydrogens is 323 g/mol. The molecule has 1 amide bonds. The molecule has 7 heteroatoms. The van der Waals surface area contributed by atoms with Crippen LogP contribution in [-0.2, 0) is 11.8 Å². The first kappa shape index (κ1) is 15.8. The lowest BCUT2D eigenvalue weighted by molar-refractivity contribution is -0.149. The zero-order valence-electron chi connectivity index (χ0n) is 12.6. The lowest BCUT2D eigenvalue weighted by Crippen LogP contribution is -2.39. The highest BCUT2D eigenvalue weighted by Crippen LogP contribution is 2.35. The molecule has 1 aromatic carbocycles. The van der Waals surface area contributed by atoms with Gasteiger partial charge in [0.15, 0.2) is 0 Å². The number of carbonyl (C=O) groups excluding carboxylic acids is 1. The Morgan fingerprint density at radius 3 is 2.65 bits per heavy atom. The maximum Gasteiger partial charge on any atom is 0.314 e. The molecule has 1 aliphatic rings. The fourth-order valence-corrected chi connectivity index (χ4v) is 3.49. The highest BCUT2D eigenvalue weighted by atomic mass is 35.5. The molecule has 1 unspecified atom stereocenters. The van der Waals surface area contributed by atoms with Crippen molar-refractivity contribution < 1.29 is 19.1 Å². The van der Waals surface area contributed by atoms with Crippen molar-refractivity contribution in [2.75, 3.05) is 19.8 Å². The van der Waals surface area contributed by atoms with Crippen molar-refractivity contribution in [2.45, 2.75) is 6.42 Å². The van der Waals surface area contributed by atoms with Crippen molar-refractivity contribution in [1.29, 1.82) is 0 Å². The Bertz CT molecular complexity index is 765. The first-order chi connectivity index (χ1) is 10.9. The first-order valence-electron chi connectivity index (χ1n) is 7.23. The van der Waals surface area contributed by atoms with E-state index < -0.39 is 18.1 Å². The fraction of sp³-hybridized carbons (Fsp3) is 0.375. The number of carboxylic acid groups (broad SMARTS) is 1. The number of likely N-dealkylation sites (tertiary alicyclic amines) is 1. The van der Waals surface area contributed by atoms with Crippen LogP contribution in [0, 0.1) is 5.41 Å². The van der Waals surface area contributed by atoms with Gasteiger partial charge in [-0.1, -0.05) is 29.8 Å². The van der Waals surface area contributed by atoms with E-state index in [4.69, 9.17) is 11.6 Å². The van der Waals surface area contributed by atoms with E-state index in [1.54, 1.807) is 11.6 Å². The molecule has 2 aromatic rings. The number of aromatic nitrogens is 1. The van der Waals surface area contributed by atoms with Crippen molar-refractivity contribution in [2.24, 2.45) is 12.5 Å². The number of hydrogen-bond acceptors (Lipinski definition) is 2. The summed E-state index contributed by atoms with van der Waals surface area (Å²) >= 11 is 6.34. The molecule has 122 valence electrons. The van der Waals surface area contributed by atoms with Crippen LogP contribution in [0.3, 0.4) is 0 Å². The molecule has 1 N–H and O–H groups in total. The van der Waals surface area contributed by atoms with Crippen molar-refractivity contribution in [1.82, 2.24) is 9.47 Å². The molecule has 0 bridgehead atoms. The fourth-order valence-electron chi connectivity index (χ4n) is 3.12. The predicted molar refractivity (Wildman–Crippen MR) is 84.5 cm³/mol. The van der Waals surface area contributed by atoms with Crippen molar-refractivity contribution >= 4 is 34.4 Å². The summed E-state index contributed by atoms with van der Waals surface area (Å²) in [5.41, 5.74) is -0.393. The summed E-state index contributed by atoms with van der Waals surface area (Å²) in [6.45, 7) is -0.933. The number of hydrogen-bond donors (Lipinski definition) is 1. The average Bonchev–Trinajstić information content (AvgIpc) is 3.09. The van der Waals surface area contributed by atoms with Gasteiger partial charge in [-0.2, -0.15) is 0 Å². The molecule has 1 aromatic heterocycles. The number of alkyl halides is 1. The summed E-state index contributed by atoms with van der Waals surface area (Å²) in [5.74, 6) is -1.58. The summed E-state index contributed by atoms with van der Waals surface area (Å²) in [5, 5.41) is 10.3. The van der Waals surface area contributed by atoms with Gasteiger partial charge in [0.2, 0.25) is 0 Å². The second-order valence-corrected chi connectivity index (χ2v) is 6.31. The molecule has 0 aliphatic carbocycles. The number of rotatable bonds is 3. The highest BCUT2D eigenvalue weighted by molar-refractivity contribution is 6.38. The van der Waals surface area contributed by atoms with Gasteiger partial charge < -0.3 is 14.6 Å². The number of fused-ring (bicyclic) bond motifs is 1. The van der Waals surface area contributed by atoms with Gasteiger partial charge in [0, 0.05) is 31.0 Å². The van der Waals surface area contributed by atoms with Gasteiger partial charge in [-0.05, 0) is 12.5 Å². The van der Waals surface area contributed by atoms with E-state index in [2.05, 4.69) is 0 Å². The molecule has 0 saturated carbocycles. The Kier molecular flexibility index (Phi) is 3.80. The molecule has 0 spiro atoms. The second-order valence-electron chi connectivity index (χ2n) is 5.93. The third-order valence-electron chi connectivity index (χ3n) is 4.60. The third-order valence-corrected chi connectivity index (χ3v) is 4.98. The highest BCUT2D eigenvalue weighted by Gasteiger charge is 2.47. The number of carbonyl (C=O) groups is 2. The largest absolute Gasteiger partial charge is 0.481 e. The molecule has 5 nitrogen and oxygen atoms in total. The SMILES string of the molecule is Cn1c(C(=O)N2CCC(CF)(C(=O)O)C2)c(Cl)c2ccccc21. The molecule has 1 aliphatic heterocycles. The molecule has 1 fully saturated rings. The van der Waals surface area contributed by atoms with Gasteiger partial charge in [-0.15, -0.1) is 0 Å². The zero-order chi connectivity index (χ0) is 16.8. The maximum absolute atomic E-state index is 13.2. The smallest absolute Gasteiger partial charge is 0.314 e. The summed E-state index contributed by atoms with van der Waals surface area (Å²) < 4.78 is 14.9. The van der Waals surface area contributed by atoms with Crippen molar-refractivity contribution in [3.63, 3.8) is 0 Å². The van der Waals surface area contributed by atoms with Crippen LogP contribution < -0.4 is 0 Å². The second kappa shape index (κ2) is 5.53. The Morgan fingerprint density at radius 1 is 1.39 bits per heavy atom. The van der Waals surface area contributed by atoms with Gasteiger partial charge >= 0.3 is 5.97 Å². The first-order valence-corrected chi connectivity index (χ1v) is 7.60. The monoisotopic (exact) mass is 338 g/mol. The number of benzene rings is 1. The summed E-state index contributed by atoms with van der Waals surface area (Å²) in [4.78, 5) is 25.5. The summed E-state index contributed by atoms with van der Waals surface area (Å²) in [6, 6.07) is 7.35. The maximum atomic E-state index is 13.2. The number of para-hydroxylation sites is 1. The lowest BCUT2D eigenvalue weighted by Gasteiger charge is -2.21. The van der Waals surface area contributed by atoms with E-state index in [0.717, 1.165) is 10.9 Å². The van der Waals surface area contributed by atoms with E-state index >= 15 is 0 Å². The van der Waals surface area contributed by atoms with Crippen LogP contribution in [0.1, 0.15) is 16.9 Å². The van der Waals surface area contributed by atoms with E-state index in [1.807, 2.05) is 24.3 Å². The molecule has 1 saturated heterocycles. The van der Waals surface area contributed by atoms with E-state index in [1.165, 1.54) is 4.90 Å². The predicted octanol–water partition coefficient (Wildman–Crippen LogP) is 2.72. The summed E-state index contributed by atoms with van der Waals surface area (Å²) in [6.07, 6.45) is 0.103. The summed E-state index contributed by atoms with van der Waals surface area (Å²) in [7, 11) is 1.73. The number of aryl methyl sites for hydroxylation is 1. The number of amides is 1. The molecule has 23 heavy (non-hydrogen) atoms. The van der Waals surface area contributed by atoms with Gasteiger partial charge in [-0.25, -0.2) is 4.39 Å². The molecule has 3 rings (SSSR count). The molecule has 2 heterocycles. The van der Waals surface area contributed by atoms with Crippen LogP contribution in [0.15, 0.2) is 24.3 Å². The van der Waals surface area contributed by atoms with E-state index in [9.17, 15) is 19.1 Å². The molecule has 0 radical (unpaired) electrons. The Labute approximate surface area is 137 Å². The quantitative estimate of drug-likeness (QED) is 0.936. The van der Waals surface area contributed by atoms with Crippen LogP contribution in [0.2, 0.25) is 5.02 Å². The Morgan fingerprint density at radius 2 is 2.09 bits per heavy atom. The zero-order valence-corrected chi connectivity index (χ0v) is 13.3. The van der Waals surface area contributed by atoms with Gasteiger partial charge in [0.25, 0.3) is 5.91 Å². The van der Waals surface area contributed by atoms with E-state index in [0.29, 0.717) is 10.7 Å². The minimum atomic E-state index is -1.51. The van der Waals surface area contributed by atoms with Gasteiger partial charge in [0.1, 0.15) is 17.8 Å². The number of carboxylic acids is 1. The minimum absolute atomic E-state index is 0.103.